The van der Waals surface area contributed by atoms with Gasteiger partial charge in [0.25, 0.3) is 0 Å². The maximum atomic E-state index is 6.02. The van der Waals surface area contributed by atoms with E-state index in [1.807, 2.05) is 18.5 Å². The lowest BCUT2D eigenvalue weighted by molar-refractivity contribution is 0.410. The lowest BCUT2D eigenvalue weighted by atomic mass is 9.92. The second-order valence-corrected chi connectivity index (χ2v) is 8.02. The van der Waals surface area contributed by atoms with Crippen molar-refractivity contribution in [3.63, 3.8) is 0 Å². The zero-order valence-corrected chi connectivity index (χ0v) is 17.0. The van der Waals surface area contributed by atoms with Crippen LogP contribution in [-0.4, -0.2) is 31.8 Å². The SMILES string of the molecule is CCCCCc1c(-c2ccnc(NC3CCC(N)CC3)n2)cnn1C(C)C. The molecule has 6 nitrogen and oxygen atoms in total. The van der Waals surface area contributed by atoms with E-state index in [2.05, 4.69) is 40.9 Å². The molecule has 3 rings (SSSR count). The van der Waals surface area contributed by atoms with E-state index >= 15 is 0 Å². The first kappa shape index (κ1) is 19.8. The standard InChI is InChI=1S/C21H34N6/c1-4-5-6-7-20-18(14-24-27(20)15(2)3)19-12-13-23-21(26-19)25-17-10-8-16(22)9-11-17/h12-17H,4-11,22H2,1-3H3,(H,23,25,26). The molecule has 6 heteroatoms. The predicted octanol–water partition coefficient (Wildman–Crippen LogP) is 4.34. The molecule has 1 aliphatic carbocycles. The van der Waals surface area contributed by atoms with Gasteiger partial charge in [-0.05, 0) is 58.4 Å². The highest BCUT2D eigenvalue weighted by Gasteiger charge is 2.20. The Kier molecular flexibility index (Phi) is 6.83. The minimum Gasteiger partial charge on any atom is -0.351 e. The molecule has 2 aromatic heterocycles. The van der Waals surface area contributed by atoms with Gasteiger partial charge in [0, 0.05) is 35.6 Å². The quantitative estimate of drug-likeness (QED) is 0.676. The van der Waals surface area contributed by atoms with Crippen LogP contribution in [-0.2, 0) is 6.42 Å². The zero-order chi connectivity index (χ0) is 19.2. The van der Waals surface area contributed by atoms with Crippen molar-refractivity contribution in [2.75, 3.05) is 5.32 Å². The fourth-order valence-corrected chi connectivity index (χ4v) is 3.86. The van der Waals surface area contributed by atoms with Crippen molar-refractivity contribution in [2.24, 2.45) is 5.73 Å². The van der Waals surface area contributed by atoms with Crippen molar-refractivity contribution in [1.29, 1.82) is 0 Å². The first-order valence-electron chi connectivity index (χ1n) is 10.5. The Morgan fingerprint density at radius 3 is 2.70 bits per heavy atom. The number of hydrogen-bond donors (Lipinski definition) is 2. The van der Waals surface area contributed by atoms with Gasteiger partial charge >= 0.3 is 0 Å². The highest BCUT2D eigenvalue weighted by atomic mass is 15.3. The van der Waals surface area contributed by atoms with E-state index in [-0.39, 0.29) is 0 Å². The molecule has 1 fully saturated rings. The van der Waals surface area contributed by atoms with E-state index in [9.17, 15) is 0 Å². The molecule has 148 valence electrons. The molecule has 0 amide bonds. The third kappa shape index (κ3) is 5.06. The molecule has 27 heavy (non-hydrogen) atoms. The van der Waals surface area contributed by atoms with Gasteiger partial charge in [0.2, 0.25) is 5.95 Å². The molecule has 3 N–H and O–H groups in total. The van der Waals surface area contributed by atoms with Crippen molar-refractivity contribution < 1.29 is 0 Å². The van der Waals surface area contributed by atoms with Crippen LogP contribution in [0.4, 0.5) is 5.95 Å². The summed E-state index contributed by atoms with van der Waals surface area (Å²) in [5.41, 5.74) is 9.39. The lowest BCUT2D eigenvalue weighted by Crippen LogP contribution is -2.33. The molecule has 0 atom stereocenters. The smallest absolute Gasteiger partial charge is 0.223 e. The molecule has 2 heterocycles. The fraction of sp³-hybridized carbons (Fsp3) is 0.667. The number of anilines is 1. The van der Waals surface area contributed by atoms with E-state index in [1.165, 1.54) is 25.0 Å². The Balaban J connectivity index is 1.79. The second-order valence-electron chi connectivity index (χ2n) is 8.02. The van der Waals surface area contributed by atoms with Gasteiger partial charge in [-0.2, -0.15) is 5.10 Å². The molecule has 2 aromatic rings. The summed E-state index contributed by atoms with van der Waals surface area (Å²) in [7, 11) is 0. The topological polar surface area (TPSA) is 81.7 Å². The largest absolute Gasteiger partial charge is 0.351 e. The summed E-state index contributed by atoms with van der Waals surface area (Å²) in [6.07, 6.45) is 12.8. The average Bonchev–Trinajstić information content (AvgIpc) is 3.08. The summed E-state index contributed by atoms with van der Waals surface area (Å²) in [5, 5.41) is 8.15. The van der Waals surface area contributed by atoms with Gasteiger partial charge in [0.1, 0.15) is 0 Å². The lowest BCUT2D eigenvalue weighted by Gasteiger charge is -2.26. The molecular weight excluding hydrogens is 336 g/mol. The number of hydrogen-bond acceptors (Lipinski definition) is 5. The summed E-state index contributed by atoms with van der Waals surface area (Å²) in [5.74, 6) is 0.713. The molecule has 0 radical (unpaired) electrons. The molecule has 0 bridgehead atoms. The molecule has 0 aromatic carbocycles. The Morgan fingerprint density at radius 1 is 1.22 bits per heavy atom. The number of rotatable bonds is 8. The average molecular weight is 371 g/mol. The van der Waals surface area contributed by atoms with Gasteiger partial charge in [-0.15, -0.1) is 0 Å². The number of aromatic nitrogens is 4. The highest BCUT2D eigenvalue weighted by molar-refractivity contribution is 5.62. The second kappa shape index (κ2) is 9.31. The van der Waals surface area contributed by atoms with Crippen LogP contribution in [0.2, 0.25) is 0 Å². The van der Waals surface area contributed by atoms with Gasteiger partial charge in [0.05, 0.1) is 11.9 Å². The van der Waals surface area contributed by atoms with E-state index < -0.39 is 0 Å². The van der Waals surface area contributed by atoms with Crippen LogP contribution in [0.5, 0.6) is 0 Å². The highest BCUT2D eigenvalue weighted by Crippen LogP contribution is 2.27. The summed E-state index contributed by atoms with van der Waals surface area (Å²) < 4.78 is 2.14. The van der Waals surface area contributed by atoms with Crippen LogP contribution in [0.1, 0.15) is 77.5 Å². The van der Waals surface area contributed by atoms with E-state index in [4.69, 9.17) is 10.7 Å². The third-order valence-corrected chi connectivity index (χ3v) is 5.44. The molecule has 0 saturated heterocycles. The van der Waals surface area contributed by atoms with E-state index in [0.717, 1.165) is 43.4 Å². The zero-order valence-electron chi connectivity index (χ0n) is 17.0. The first-order chi connectivity index (χ1) is 13.1. The van der Waals surface area contributed by atoms with Gasteiger partial charge in [-0.3, -0.25) is 4.68 Å². The van der Waals surface area contributed by atoms with Crippen molar-refractivity contribution >= 4 is 5.95 Å². The monoisotopic (exact) mass is 370 g/mol. The van der Waals surface area contributed by atoms with Crippen LogP contribution in [0.25, 0.3) is 11.3 Å². The molecule has 0 spiro atoms. The van der Waals surface area contributed by atoms with Gasteiger partial charge in [-0.25, -0.2) is 9.97 Å². The Hall–Kier alpha value is -1.95. The maximum absolute atomic E-state index is 6.02. The third-order valence-electron chi connectivity index (χ3n) is 5.44. The van der Waals surface area contributed by atoms with Crippen LogP contribution in [0, 0.1) is 0 Å². The summed E-state index contributed by atoms with van der Waals surface area (Å²) >= 11 is 0. The molecule has 1 aliphatic rings. The van der Waals surface area contributed by atoms with Crippen LogP contribution in [0.15, 0.2) is 18.5 Å². The Labute approximate surface area is 163 Å². The van der Waals surface area contributed by atoms with Crippen molar-refractivity contribution in [3.05, 3.63) is 24.2 Å². The minimum absolute atomic E-state index is 0.348. The predicted molar refractivity (Wildman–Crippen MR) is 111 cm³/mol. The Bertz CT molecular complexity index is 715. The summed E-state index contributed by atoms with van der Waals surface area (Å²) in [4.78, 5) is 9.26. The van der Waals surface area contributed by atoms with Crippen LogP contribution < -0.4 is 11.1 Å². The fourth-order valence-electron chi connectivity index (χ4n) is 3.86. The summed E-state index contributed by atoms with van der Waals surface area (Å²) in [6.45, 7) is 6.60. The number of nitrogens with zero attached hydrogens (tertiary/aromatic N) is 4. The summed E-state index contributed by atoms with van der Waals surface area (Å²) in [6, 6.07) is 3.11. The van der Waals surface area contributed by atoms with Crippen LogP contribution in [0.3, 0.4) is 0 Å². The van der Waals surface area contributed by atoms with Gasteiger partial charge in [0.15, 0.2) is 0 Å². The number of nitrogens with two attached hydrogens (primary N) is 1. The maximum Gasteiger partial charge on any atom is 0.223 e. The van der Waals surface area contributed by atoms with Crippen LogP contribution >= 0.6 is 0 Å². The van der Waals surface area contributed by atoms with Gasteiger partial charge in [-0.1, -0.05) is 19.8 Å². The minimum atomic E-state index is 0.348. The molecule has 0 aliphatic heterocycles. The first-order valence-corrected chi connectivity index (χ1v) is 10.5. The van der Waals surface area contributed by atoms with Gasteiger partial charge < -0.3 is 11.1 Å². The number of nitrogens with one attached hydrogen (secondary N) is 1. The van der Waals surface area contributed by atoms with E-state index in [0.29, 0.717) is 24.1 Å². The number of unbranched alkanes of at least 4 members (excludes halogenated alkanes) is 2. The normalized spacial score (nSPS) is 20.2. The molecule has 1 saturated carbocycles. The Morgan fingerprint density at radius 2 is 2.00 bits per heavy atom. The van der Waals surface area contributed by atoms with Crippen molar-refractivity contribution in [2.45, 2.75) is 90.3 Å². The van der Waals surface area contributed by atoms with Crippen molar-refractivity contribution in [3.8, 4) is 11.3 Å². The van der Waals surface area contributed by atoms with Crippen molar-refractivity contribution in [1.82, 2.24) is 19.7 Å². The molecular formula is C21H34N6. The molecule has 0 unspecified atom stereocenters. The van der Waals surface area contributed by atoms with E-state index in [1.54, 1.807) is 0 Å².